The smallest absolute Gasteiger partial charge is 0.227 e. The maximum absolute atomic E-state index is 12.9. The summed E-state index contributed by atoms with van der Waals surface area (Å²) >= 11 is 0. The van der Waals surface area contributed by atoms with Gasteiger partial charge in [0.2, 0.25) is 17.7 Å². The number of piperidine rings is 1. The topological polar surface area (TPSA) is 97.0 Å². The van der Waals surface area contributed by atoms with Crippen LogP contribution in [0.4, 0.5) is 5.69 Å². The standard InChI is InChI=1S/C23H31N3O5/c1-30-13-15-8-21(27)25-20-10-16(6-7-19(15)20)24-23(29)14-9-22(28)26(12-14)17-4-3-5-18(11-17)31-2/h3-5,11,14-16,19-20H,6-10,12-13H2,1-2H3,(H,24,29)(H,25,27). The van der Waals surface area contributed by atoms with Crippen molar-refractivity contribution in [3.05, 3.63) is 24.3 Å². The summed E-state index contributed by atoms with van der Waals surface area (Å²) in [6, 6.07) is 7.40. The number of anilines is 1. The highest BCUT2D eigenvalue weighted by molar-refractivity contribution is 6.00. The Balaban J connectivity index is 1.35. The molecule has 168 valence electrons. The first-order valence-corrected chi connectivity index (χ1v) is 11.0. The lowest BCUT2D eigenvalue weighted by atomic mass is 9.71. The first-order chi connectivity index (χ1) is 15.0. The van der Waals surface area contributed by atoms with Crippen LogP contribution in [0, 0.1) is 17.8 Å². The van der Waals surface area contributed by atoms with E-state index in [1.54, 1.807) is 19.1 Å². The molecule has 3 fully saturated rings. The Hall–Kier alpha value is -2.61. The van der Waals surface area contributed by atoms with Crippen LogP contribution in [-0.4, -0.2) is 57.2 Å². The minimum atomic E-state index is -0.376. The third kappa shape index (κ3) is 4.69. The van der Waals surface area contributed by atoms with Gasteiger partial charge in [-0.3, -0.25) is 14.4 Å². The second kappa shape index (κ2) is 9.26. The summed E-state index contributed by atoms with van der Waals surface area (Å²) in [5, 5.41) is 6.25. The number of hydrogen-bond acceptors (Lipinski definition) is 5. The van der Waals surface area contributed by atoms with Crippen molar-refractivity contribution in [1.82, 2.24) is 10.6 Å². The average Bonchev–Trinajstić information content (AvgIpc) is 3.15. The molecule has 31 heavy (non-hydrogen) atoms. The lowest BCUT2D eigenvalue weighted by molar-refractivity contribution is -0.129. The van der Waals surface area contributed by atoms with Crippen molar-refractivity contribution >= 4 is 23.4 Å². The monoisotopic (exact) mass is 429 g/mol. The average molecular weight is 430 g/mol. The molecular weight excluding hydrogens is 398 g/mol. The summed E-state index contributed by atoms with van der Waals surface area (Å²) in [6.07, 6.45) is 3.26. The molecule has 1 saturated carbocycles. The van der Waals surface area contributed by atoms with Crippen molar-refractivity contribution < 1.29 is 23.9 Å². The molecule has 0 spiro atoms. The Kier molecular flexibility index (Phi) is 6.46. The van der Waals surface area contributed by atoms with Crippen LogP contribution in [0.2, 0.25) is 0 Å². The molecule has 4 rings (SSSR count). The molecule has 1 aromatic carbocycles. The largest absolute Gasteiger partial charge is 0.497 e. The van der Waals surface area contributed by atoms with Gasteiger partial charge in [0.25, 0.3) is 0 Å². The number of amides is 3. The number of hydrogen-bond donors (Lipinski definition) is 2. The van der Waals surface area contributed by atoms with Gasteiger partial charge in [-0.1, -0.05) is 6.07 Å². The highest BCUT2D eigenvalue weighted by atomic mass is 16.5. The summed E-state index contributed by atoms with van der Waals surface area (Å²) in [7, 11) is 3.26. The minimum Gasteiger partial charge on any atom is -0.497 e. The molecule has 8 nitrogen and oxygen atoms in total. The number of benzene rings is 1. The molecule has 1 aliphatic carbocycles. The number of nitrogens with zero attached hydrogens (tertiary/aromatic N) is 1. The first-order valence-electron chi connectivity index (χ1n) is 11.0. The van der Waals surface area contributed by atoms with Crippen molar-refractivity contribution in [2.24, 2.45) is 17.8 Å². The Morgan fingerprint density at radius 2 is 2.06 bits per heavy atom. The van der Waals surface area contributed by atoms with Crippen LogP contribution in [0.3, 0.4) is 0 Å². The Morgan fingerprint density at radius 3 is 2.84 bits per heavy atom. The lowest BCUT2D eigenvalue weighted by Crippen LogP contribution is -2.56. The molecule has 0 aromatic heterocycles. The van der Waals surface area contributed by atoms with E-state index in [4.69, 9.17) is 9.47 Å². The van der Waals surface area contributed by atoms with Crippen LogP contribution in [0.5, 0.6) is 5.75 Å². The molecule has 3 aliphatic rings. The van der Waals surface area contributed by atoms with Gasteiger partial charge in [0.1, 0.15) is 5.75 Å². The van der Waals surface area contributed by atoms with Crippen molar-refractivity contribution in [3.8, 4) is 5.75 Å². The van der Waals surface area contributed by atoms with Crippen LogP contribution in [0.15, 0.2) is 24.3 Å². The fraction of sp³-hybridized carbons (Fsp3) is 0.609. The van der Waals surface area contributed by atoms with E-state index in [-0.39, 0.29) is 48.1 Å². The number of carbonyl (C=O) groups excluding carboxylic acids is 3. The summed E-state index contributed by atoms with van der Waals surface area (Å²) in [6.45, 7) is 0.958. The molecule has 0 bridgehead atoms. The molecular formula is C23H31N3O5. The zero-order chi connectivity index (χ0) is 22.0. The Morgan fingerprint density at radius 1 is 1.23 bits per heavy atom. The molecule has 5 unspecified atom stereocenters. The van der Waals surface area contributed by atoms with Gasteiger partial charge in [0.05, 0.1) is 13.0 Å². The van der Waals surface area contributed by atoms with E-state index in [9.17, 15) is 14.4 Å². The van der Waals surface area contributed by atoms with E-state index < -0.39 is 0 Å². The second-order valence-electron chi connectivity index (χ2n) is 8.88. The number of ether oxygens (including phenoxy) is 2. The van der Waals surface area contributed by atoms with Crippen LogP contribution < -0.4 is 20.3 Å². The summed E-state index contributed by atoms with van der Waals surface area (Å²) < 4.78 is 10.6. The lowest BCUT2D eigenvalue weighted by Gasteiger charge is -2.44. The van der Waals surface area contributed by atoms with Crippen molar-refractivity contribution in [1.29, 1.82) is 0 Å². The first kappa shape index (κ1) is 21.6. The Labute approximate surface area is 182 Å². The highest BCUT2D eigenvalue weighted by Gasteiger charge is 2.42. The van der Waals surface area contributed by atoms with Gasteiger partial charge in [-0.15, -0.1) is 0 Å². The molecule has 0 radical (unpaired) electrons. The van der Waals surface area contributed by atoms with E-state index in [2.05, 4.69) is 10.6 Å². The number of nitrogens with one attached hydrogen (secondary N) is 2. The fourth-order valence-electron chi connectivity index (χ4n) is 5.34. The molecule has 2 N–H and O–H groups in total. The van der Waals surface area contributed by atoms with Crippen molar-refractivity contribution in [3.63, 3.8) is 0 Å². The van der Waals surface area contributed by atoms with Gasteiger partial charge in [0, 0.05) is 56.9 Å². The number of fused-ring (bicyclic) bond motifs is 1. The third-order valence-corrected chi connectivity index (χ3v) is 6.89. The molecule has 2 aliphatic heterocycles. The van der Waals surface area contributed by atoms with E-state index in [1.165, 1.54) is 0 Å². The maximum atomic E-state index is 12.9. The number of rotatable bonds is 6. The zero-order valence-electron chi connectivity index (χ0n) is 18.1. The summed E-state index contributed by atoms with van der Waals surface area (Å²) in [4.78, 5) is 39.2. The van der Waals surface area contributed by atoms with Gasteiger partial charge in [-0.2, -0.15) is 0 Å². The van der Waals surface area contributed by atoms with E-state index in [0.717, 1.165) is 24.9 Å². The molecule has 5 atom stereocenters. The van der Waals surface area contributed by atoms with Gasteiger partial charge in [-0.05, 0) is 43.2 Å². The third-order valence-electron chi connectivity index (χ3n) is 6.89. The van der Waals surface area contributed by atoms with Crippen molar-refractivity contribution in [2.75, 3.05) is 32.3 Å². The van der Waals surface area contributed by atoms with Crippen LogP contribution >= 0.6 is 0 Å². The maximum Gasteiger partial charge on any atom is 0.227 e. The minimum absolute atomic E-state index is 0.0105. The predicted octanol–water partition coefficient (Wildman–Crippen LogP) is 1.48. The van der Waals surface area contributed by atoms with Crippen LogP contribution in [-0.2, 0) is 19.1 Å². The van der Waals surface area contributed by atoms with E-state index >= 15 is 0 Å². The SMILES string of the molecule is COCC1CC(=O)NC2CC(NC(=O)C3CC(=O)N(c4cccc(OC)c4)C3)CCC12. The summed E-state index contributed by atoms with van der Waals surface area (Å²) in [5.41, 5.74) is 0.745. The zero-order valence-corrected chi connectivity index (χ0v) is 18.1. The van der Waals surface area contributed by atoms with Gasteiger partial charge >= 0.3 is 0 Å². The van der Waals surface area contributed by atoms with Crippen molar-refractivity contribution in [2.45, 2.75) is 44.2 Å². The number of methoxy groups -OCH3 is 2. The van der Waals surface area contributed by atoms with Gasteiger partial charge < -0.3 is 25.0 Å². The normalized spacial score (nSPS) is 30.5. The second-order valence-corrected chi connectivity index (χ2v) is 8.88. The quantitative estimate of drug-likeness (QED) is 0.714. The van der Waals surface area contributed by atoms with E-state index in [1.807, 2.05) is 24.3 Å². The molecule has 3 amide bonds. The van der Waals surface area contributed by atoms with Crippen LogP contribution in [0.1, 0.15) is 32.1 Å². The molecule has 2 saturated heterocycles. The van der Waals surface area contributed by atoms with Crippen LogP contribution in [0.25, 0.3) is 0 Å². The molecule has 1 aromatic rings. The molecule has 2 heterocycles. The number of carbonyl (C=O) groups is 3. The summed E-state index contributed by atoms with van der Waals surface area (Å²) in [5.74, 6) is 0.851. The molecule has 8 heteroatoms. The fourth-order valence-corrected chi connectivity index (χ4v) is 5.34. The van der Waals surface area contributed by atoms with Gasteiger partial charge in [-0.25, -0.2) is 0 Å². The van der Waals surface area contributed by atoms with Gasteiger partial charge in [0.15, 0.2) is 0 Å². The predicted molar refractivity (Wildman–Crippen MR) is 115 cm³/mol. The van der Waals surface area contributed by atoms with E-state index in [0.29, 0.717) is 31.2 Å². The Bertz CT molecular complexity index is 844. The highest BCUT2D eigenvalue weighted by Crippen LogP contribution is 2.36.